The molecule has 0 unspecified atom stereocenters. The first kappa shape index (κ1) is 9.49. The molecule has 0 radical (unpaired) electrons. The predicted octanol–water partition coefficient (Wildman–Crippen LogP) is 2.10. The van der Waals surface area contributed by atoms with Crippen molar-refractivity contribution in [2.24, 2.45) is 5.73 Å². The van der Waals surface area contributed by atoms with Crippen molar-refractivity contribution in [3.63, 3.8) is 0 Å². The molecule has 3 heteroatoms. The summed E-state index contributed by atoms with van der Waals surface area (Å²) < 4.78 is 2.21. The van der Waals surface area contributed by atoms with Crippen molar-refractivity contribution in [3.05, 3.63) is 46.4 Å². The third-order valence-corrected chi connectivity index (χ3v) is 3.02. The highest BCUT2D eigenvalue weighted by atomic mass is 32.1. The highest BCUT2D eigenvalue weighted by Crippen LogP contribution is 2.11. The molecular weight excluding hydrogens is 192 g/mol. The van der Waals surface area contributed by atoms with E-state index in [2.05, 4.69) is 40.5 Å². The van der Waals surface area contributed by atoms with Gasteiger partial charge in [-0.2, -0.15) is 0 Å². The lowest BCUT2D eigenvalue weighted by atomic mass is 10.2. The maximum atomic E-state index is 5.50. The molecule has 2 heterocycles. The van der Waals surface area contributed by atoms with Crippen LogP contribution >= 0.6 is 11.3 Å². The summed E-state index contributed by atoms with van der Waals surface area (Å²) in [6.45, 7) is 1.70. The van der Waals surface area contributed by atoms with Gasteiger partial charge in [0.15, 0.2) is 0 Å². The van der Waals surface area contributed by atoms with Gasteiger partial charge in [-0.15, -0.1) is 11.3 Å². The predicted molar refractivity (Wildman–Crippen MR) is 60.6 cm³/mol. The van der Waals surface area contributed by atoms with Crippen molar-refractivity contribution in [2.45, 2.75) is 13.0 Å². The molecule has 0 amide bonds. The molecule has 14 heavy (non-hydrogen) atoms. The Labute approximate surface area is 88.0 Å². The second kappa shape index (κ2) is 4.44. The molecule has 0 atom stereocenters. The second-order valence-corrected chi connectivity index (χ2v) is 4.34. The smallest absolute Gasteiger partial charge is 0.0563 e. The van der Waals surface area contributed by atoms with Crippen LogP contribution in [0.4, 0.5) is 0 Å². The zero-order chi connectivity index (χ0) is 9.80. The molecule has 0 aromatic carbocycles. The van der Waals surface area contributed by atoms with Crippen LogP contribution in [0.2, 0.25) is 0 Å². The molecule has 0 aliphatic carbocycles. The van der Waals surface area contributed by atoms with Crippen molar-refractivity contribution in [3.8, 4) is 0 Å². The maximum absolute atomic E-state index is 5.50. The highest BCUT2D eigenvalue weighted by molar-refractivity contribution is 7.09. The molecule has 0 spiro atoms. The summed E-state index contributed by atoms with van der Waals surface area (Å²) in [5, 5.41) is 2.11. The maximum Gasteiger partial charge on any atom is 0.0563 e. The Morgan fingerprint density at radius 1 is 1.36 bits per heavy atom. The lowest BCUT2D eigenvalue weighted by Crippen LogP contribution is -2.01. The molecular formula is C11H14N2S. The van der Waals surface area contributed by atoms with Gasteiger partial charge in [0.05, 0.1) is 6.54 Å². The van der Waals surface area contributed by atoms with Crippen LogP contribution in [0.1, 0.15) is 10.4 Å². The summed E-state index contributed by atoms with van der Waals surface area (Å²) in [6.07, 6.45) is 5.26. The fourth-order valence-electron chi connectivity index (χ4n) is 1.49. The molecule has 0 saturated heterocycles. The van der Waals surface area contributed by atoms with Gasteiger partial charge in [-0.25, -0.2) is 0 Å². The average molecular weight is 206 g/mol. The Bertz CT molecular complexity index is 376. The first-order valence-electron chi connectivity index (χ1n) is 4.75. The average Bonchev–Trinajstić information content (AvgIpc) is 2.79. The molecule has 2 aromatic heterocycles. The van der Waals surface area contributed by atoms with Gasteiger partial charge in [0.25, 0.3) is 0 Å². The monoisotopic (exact) mass is 206 g/mol. The van der Waals surface area contributed by atoms with E-state index >= 15 is 0 Å². The number of thiophene rings is 1. The Kier molecular flexibility index (Phi) is 3.01. The standard InChI is InChI=1S/C11H14N2S/c12-5-3-10-4-6-13(8-10)9-11-2-1-7-14-11/h1-2,4,6-8H,3,5,9,12H2. The van der Waals surface area contributed by atoms with Crippen LogP contribution in [-0.4, -0.2) is 11.1 Å². The molecule has 0 saturated carbocycles. The quantitative estimate of drug-likeness (QED) is 0.816. The van der Waals surface area contributed by atoms with E-state index in [1.54, 1.807) is 11.3 Å². The molecule has 2 aromatic rings. The first-order valence-corrected chi connectivity index (χ1v) is 5.63. The van der Waals surface area contributed by atoms with Gasteiger partial charge < -0.3 is 10.3 Å². The Hall–Kier alpha value is -1.06. The molecule has 2 nitrogen and oxygen atoms in total. The molecule has 2 rings (SSSR count). The molecule has 2 N–H and O–H groups in total. The fourth-order valence-corrected chi connectivity index (χ4v) is 2.20. The summed E-state index contributed by atoms with van der Waals surface area (Å²) in [4.78, 5) is 1.39. The van der Waals surface area contributed by atoms with Gasteiger partial charge in [0, 0.05) is 17.3 Å². The molecule has 0 aliphatic rings. The van der Waals surface area contributed by atoms with Crippen LogP contribution in [0, 0.1) is 0 Å². The van der Waals surface area contributed by atoms with Crippen molar-refractivity contribution >= 4 is 11.3 Å². The molecule has 0 fully saturated rings. The highest BCUT2D eigenvalue weighted by Gasteiger charge is 1.97. The molecule has 0 bridgehead atoms. The lowest BCUT2D eigenvalue weighted by molar-refractivity contribution is 0.813. The van der Waals surface area contributed by atoms with Gasteiger partial charge in [-0.05, 0) is 36.0 Å². The van der Waals surface area contributed by atoms with E-state index < -0.39 is 0 Å². The van der Waals surface area contributed by atoms with Crippen LogP contribution < -0.4 is 5.73 Å². The van der Waals surface area contributed by atoms with Gasteiger partial charge in [0.2, 0.25) is 0 Å². The van der Waals surface area contributed by atoms with Crippen molar-refractivity contribution in [1.82, 2.24) is 4.57 Å². The van der Waals surface area contributed by atoms with Gasteiger partial charge in [0.1, 0.15) is 0 Å². The van der Waals surface area contributed by atoms with Crippen molar-refractivity contribution in [2.75, 3.05) is 6.54 Å². The largest absolute Gasteiger partial charge is 0.349 e. The van der Waals surface area contributed by atoms with Gasteiger partial charge in [-0.1, -0.05) is 6.07 Å². The van der Waals surface area contributed by atoms with E-state index in [9.17, 15) is 0 Å². The summed E-state index contributed by atoms with van der Waals surface area (Å²) in [5.74, 6) is 0. The zero-order valence-corrected chi connectivity index (χ0v) is 8.83. The van der Waals surface area contributed by atoms with E-state index in [1.807, 2.05) is 0 Å². The van der Waals surface area contributed by atoms with Gasteiger partial charge in [-0.3, -0.25) is 0 Å². The van der Waals surface area contributed by atoms with Crippen LogP contribution in [0.25, 0.3) is 0 Å². The molecule has 74 valence electrons. The molecule has 0 aliphatic heterocycles. The Morgan fingerprint density at radius 3 is 3.00 bits per heavy atom. The van der Waals surface area contributed by atoms with Crippen LogP contribution in [0.5, 0.6) is 0 Å². The number of nitrogens with two attached hydrogens (primary N) is 1. The topological polar surface area (TPSA) is 30.9 Å². The van der Waals surface area contributed by atoms with Gasteiger partial charge >= 0.3 is 0 Å². The minimum absolute atomic E-state index is 0.725. The number of nitrogens with zero attached hydrogens (tertiary/aromatic N) is 1. The summed E-state index contributed by atoms with van der Waals surface area (Å²) in [5.41, 5.74) is 6.82. The second-order valence-electron chi connectivity index (χ2n) is 3.31. The summed E-state index contributed by atoms with van der Waals surface area (Å²) in [7, 11) is 0. The number of hydrogen-bond acceptors (Lipinski definition) is 2. The number of rotatable bonds is 4. The minimum Gasteiger partial charge on any atom is -0.349 e. The van der Waals surface area contributed by atoms with E-state index in [4.69, 9.17) is 5.73 Å². The Balaban J connectivity index is 2.03. The fraction of sp³-hybridized carbons (Fsp3) is 0.273. The van der Waals surface area contributed by atoms with Crippen LogP contribution in [-0.2, 0) is 13.0 Å². The van der Waals surface area contributed by atoms with Crippen molar-refractivity contribution in [1.29, 1.82) is 0 Å². The van der Waals surface area contributed by atoms with E-state index in [0.717, 1.165) is 19.5 Å². The minimum atomic E-state index is 0.725. The van der Waals surface area contributed by atoms with Crippen LogP contribution in [0.3, 0.4) is 0 Å². The zero-order valence-electron chi connectivity index (χ0n) is 8.02. The summed E-state index contributed by atoms with van der Waals surface area (Å²) >= 11 is 1.79. The van der Waals surface area contributed by atoms with Crippen LogP contribution in [0.15, 0.2) is 36.0 Å². The van der Waals surface area contributed by atoms with E-state index in [-0.39, 0.29) is 0 Å². The summed E-state index contributed by atoms with van der Waals surface area (Å²) in [6, 6.07) is 6.39. The third-order valence-electron chi connectivity index (χ3n) is 2.16. The number of aromatic nitrogens is 1. The Morgan fingerprint density at radius 2 is 2.29 bits per heavy atom. The normalized spacial score (nSPS) is 10.6. The van der Waals surface area contributed by atoms with Crippen molar-refractivity contribution < 1.29 is 0 Å². The van der Waals surface area contributed by atoms with E-state index in [0.29, 0.717) is 0 Å². The number of hydrogen-bond donors (Lipinski definition) is 1. The lowest BCUT2D eigenvalue weighted by Gasteiger charge is -1.98. The first-order chi connectivity index (χ1) is 6.88. The van der Waals surface area contributed by atoms with E-state index in [1.165, 1.54) is 10.4 Å². The SMILES string of the molecule is NCCc1ccn(Cc2cccs2)c1. The third kappa shape index (κ3) is 2.25.